The first-order valence-electron chi connectivity index (χ1n) is 7.77. The fourth-order valence-electron chi connectivity index (χ4n) is 2.72. The van der Waals surface area contributed by atoms with Gasteiger partial charge in [-0.1, -0.05) is 0 Å². The minimum absolute atomic E-state index is 0.0217. The molecule has 1 atom stereocenters. The average Bonchev–Trinajstić information content (AvgIpc) is 3.24. The number of benzene rings is 1. The average molecular weight is 306 g/mol. The lowest BCUT2D eigenvalue weighted by Gasteiger charge is -2.34. The molecule has 2 aromatic rings. The van der Waals surface area contributed by atoms with E-state index < -0.39 is 0 Å². The highest BCUT2D eigenvalue weighted by molar-refractivity contribution is 5.62. The zero-order valence-electron chi connectivity index (χ0n) is 12.9. The van der Waals surface area contributed by atoms with E-state index >= 15 is 0 Å². The van der Waals surface area contributed by atoms with E-state index in [0.717, 1.165) is 17.3 Å². The summed E-state index contributed by atoms with van der Waals surface area (Å²) in [6.07, 6.45) is 6.43. The predicted molar refractivity (Wildman–Crippen MR) is 89.6 cm³/mol. The van der Waals surface area contributed by atoms with Gasteiger partial charge in [-0.25, -0.2) is 4.68 Å². The van der Waals surface area contributed by atoms with E-state index in [2.05, 4.69) is 32.8 Å². The van der Waals surface area contributed by atoms with Crippen molar-refractivity contribution in [2.75, 3.05) is 17.3 Å². The molecule has 2 N–H and O–H groups in total. The third kappa shape index (κ3) is 2.61. The van der Waals surface area contributed by atoms with Crippen LogP contribution in [0.25, 0.3) is 5.82 Å². The predicted octanol–water partition coefficient (Wildman–Crippen LogP) is 2.19. The number of nitriles is 1. The Hall–Kier alpha value is -2.94. The molecule has 2 aliphatic rings. The van der Waals surface area contributed by atoms with Crippen molar-refractivity contribution >= 4 is 17.3 Å². The van der Waals surface area contributed by atoms with Crippen LogP contribution >= 0.6 is 0 Å². The van der Waals surface area contributed by atoms with Crippen LogP contribution in [0.5, 0.6) is 0 Å². The number of rotatable bonds is 4. The first-order chi connectivity index (χ1) is 11.2. The molecule has 23 heavy (non-hydrogen) atoms. The molecular weight excluding hydrogens is 288 g/mol. The molecule has 1 saturated carbocycles. The monoisotopic (exact) mass is 306 g/mol. The molecule has 0 saturated heterocycles. The third-order valence-corrected chi connectivity index (χ3v) is 4.20. The second-order valence-electron chi connectivity index (χ2n) is 5.96. The van der Waals surface area contributed by atoms with E-state index in [0.29, 0.717) is 11.6 Å². The lowest BCUT2D eigenvalue weighted by molar-refractivity contribution is 0.694. The second kappa shape index (κ2) is 5.36. The normalized spacial score (nSPS) is 19.6. The number of likely N-dealkylation sites (N-methyl/N-ethyl adjacent to an activating group) is 1. The zero-order valence-corrected chi connectivity index (χ0v) is 12.9. The Morgan fingerprint density at radius 2 is 1.96 bits per heavy atom. The molecule has 1 unspecified atom stereocenters. The van der Waals surface area contributed by atoms with Gasteiger partial charge in [0, 0.05) is 30.9 Å². The Labute approximate surface area is 135 Å². The molecular formula is C17H18N6. The third-order valence-electron chi connectivity index (χ3n) is 4.20. The standard InChI is InChI=1S/C17H18N6/c1-22-15(20-13-4-2-12(11-18)3-5-13)10-16(21-14-6-7-14)23-17(22)8-9-19-23/h2-5,8-10,14-15,20-21H,6-7H2,1H3. The highest BCUT2D eigenvalue weighted by Crippen LogP contribution is 2.28. The van der Waals surface area contributed by atoms with Gasteiger partial charge in [-0.05, 0) is 37.1 Å². The molecule has 0 spiro atoms. The fraction of sp³-hybridized carbons (Fsp3) is 0.294. The number of nitrogens with zero attached hydrogens (tertiary/aromatic N) is 4. The molecule has 1 aliphatic carbocycles. The molecule has 1 aromatic carbocycles. The minimum atomic E-state index is 0.0217. The van der Waals surface area contributed by atoms with E-state index in [9.17, 15) is 0 Å². The van der Waals surface area contributed by atoms with Crippen molar-refractivity contribution in [2.24, 2.45) is 0 Å². The Balaban J connectivity index is 1.60. The Kier molecular flexibility index (Phi) is 3.19. The number of fused-ring (bicyclic) bond motifs is 1. The summed E-state index contributed by atoms with van der Waals surface area (Å²) in [5.41, 5.74) is 1.65. The summed E-state index contributed by atoms with van der Waals surface area (Å²) < 4.78 is 1.94. The quantitative estimate of drug-likeness (QED) is 0.906. The number of nitrogens with one attached hydrogen (secondary N) is 2. The molecule has 1 aliphatic heterocycles. The summed E-state index contributed by atoms with van der Waals surface area (Å²) in [7, 11) is 2.04. The van der Waals surface area contributed by atoms with Crippen LogP contribution in [0.4, 0.5) is 11.5 Å². The zero-order chi connectivity index (χ0) is 15.8. The smallest absolute Gasteiger partial charge is 0.135 e. The Bertz CT molecular complexity index is 778. The van der Waals surface area contributed by atoms with Crippen molar-refractivity contribution in [3.05, 3.63) is 48.2 Å². The van der Waals surface area contributed by atoms with Crippen LogP contribution < -0.4 is 15.5 Å². The molecule has 4 rings (SSSR count). The van der Waals surface area contributed by atoms with Gasteiger partial charge in [0.15, 0.2) is 0 Å². The Morgan fingerprint density at radius 1 is 1.17 bits per heavy atom. The van der Waals surface area contributed by atoms with E-state index in [4.69, 9.17) is 5.26 Å². The van der Waals surface area contributed by atoms with Crippen molar-refractivity contribution in [1.29, 1.82) is 5.26 Å². The van der Waals surface area contributed by atoms with Gasteiger partial charge in [0.1, 0.15) is 17.8 Å². The molecule has 1 aromatic heterocycles. The van der Waals surface area contributed by atoms with Gasteiger partial charge in [-0.2, -0.15) is 10.4 Å². The van der Waals surface area contributed by atoms with Gasteiger partial charge < -0.3 is 15.5 Å². The topological polar surface area (TPSA) is 68.9 Å². The molecule has 0 radical (unpaired) electrons. The lowest BCUT2D eigenvalue weighted by Crippen LogP contribution is -2.42. The summed E-state index contributed by atoms with van der Waals surface area (Å²) in [5.74, 6) is 2.07. The maximum atomic E-state index is 8.90. The highest BCUT2D eigenvalue weighted by atomic mass is 15.5. The van der Waals surface area contributed by atoms with Gasteiger partial charge in [-0.15, -0.1) is 0 Å². The largest absolute Gasteiger partial charge is 0.367 e. The van der Waals surface area contributed by atoms with Crippen LogP contribution in [-0.4, -0.2) is 29.0 Å². The molecule has 1 fully saturated rings. The van der Waals surface area contributed by atoms with E-state index in [1.807, 2.05) is 48.3 Å². The number of aromatic nitrogens is 2. The second-order valence-corrected chi connectivity index (χ2v) is 5.96. The maximum Gasteiger partial charge on any atom is 0.135 e. The number of hydrogen-bond acceptors (Lipinski definition) is 5. The van der Waals surface area contributed by atoms with Crippen LogP contribution in [-0.2, 0) is 0 Å². The highest BCUT2D eigenvalue weighted by Gasteiger charge is 2.28. The maximum absolute atomic E-state index is 8.90. The summed E-state index contributed by atoms with van der Waals surface area (Å²) in [6.45, 7) is 0. The van der Waals surface area contributed by atoms with Crippen LogP contribution in [0.3, 0.4) is 0 Å². The summed E-state index contributed by atoms with van der Waals surface area (Å²) in [4.78, 5) is 2.14. The minimum Gasteiger partial charge on any atom is -0.367 e. The van der Waals surface area contributed by atoms with E-state index in [1.54, 1.807) is 0 Å². The van der Waals surface area contributed by atoms with Gasteiger partial charge in [-0.3, -0.25) is 0 Å². The van der Waals surface area contributed by atoms with Gasteiger partial charge in [0.25, 0.3) is 0 Å². The van der Waals surface area contributed by atoms with Crippen molar-refractivity contribution < 1.29 is 0 Å². The van der Waals surface area contributed by atoms with Crippen LogP contribution in [0.1, 0.15) is 18.4 Å². The molecule has 0 bridgehead atoms. The lowest BCUT2D eigenvalue weighted by atomic mass is 10.2. The molecule has 6 nitrogen and oxygen atoms in total. The molecule has 116 valence electrons. The van der Waals surface area contributed by atoms with Crippen LogP contribution in [0.15, 0.2) is 42.6 Å². The molecule has 2 heterocycles. The van der Waals surface area contributed by atoms with Crippen molar-refractivity contribution in [2.45, 2.75) is 25.0 Å². The summed E-state index contributed by atoms with van der Waals surface area (Å²) in [5, 5.41) is 20.3. The Morgan fingerprint density at radius 3 is 2.65 bits per heavy atom. The fourth-order valence-corrected chi connectivity index (χ4v) is 2.72. The molecule has 0 amide bonds. The first-order valence-corrected chi connectivity index (χ1v) is 7.77. The van der Waals surface area contributed by atoms with E-state index in [1.165, 1.54) is 12.8 Å². The van der Waals surface area contributed by atoms with Crippen molar-refractivity contribution in [3.8, 4) is 6.07 Å². The first kappa shape index (κ1) is 13.7. The van der Waals surface area contributed by atoms with Crippen LogP contribution in [0.2, 0.25) is 0 Å². The summed E-state index contributed by atoms with van der Waals surface area (Å²) in [6, 6.07) is 12.2. The van der Waals surface area contributed by atoms with Crippen molar-refractivity contribution in [3.63, 3.8) is 0 Å². The van der Waals surface area contributed by atoms with Crippen LogP contribution in [0, 0.1) is 11.3 Å². The summed E-state index contributed by atoms with van der Waals surface area (Å²) >= 11 is 0. The van der Waals surface area contributed by atoms with Crippen molar-refractivity contribution in [1.82, 2.24) is 15.1 Å². The van der Waals surface area contributed by atoms with Gasteiger partial charge >= 0.3 is 0 Å². The number of hydrogen-bond donors (Lipinski definition) is 2. The van der Waals surface area contributed by atoms with E-state index in [-0.39, 0.29) is 6.17 Å². The number of anilines is 2. The SMILES string of the molecule is CN1c2ccnn2C(NC2CC2)=CC1Nc1ccc(C#N)cc1. The van der Waals surface area contributed by atoms with Gasteiger partial charge in [0.05, 0.1) is 17.8 Å². The molecule has 6 heteroatoms. The van der Waals surface area contributed by atoms with Gasteiger partial charge in [0.2, 0.25) is 0 Å².